The predicted octanol–water partition coefficient (Wildman–Crippen LogP) is 1.68. The van der Waals surface area contributed by atoms with Gasteiger partial charge in [-0.1, -0.05) is 0 Å². The third-order valence-corrected chi connectivity index (χ3v) is 5.25. The fourth-order valence-corrected chi connectivity index (χ4v) is 3.62. The summed E-state index contributed by atoms with van der Waals surface area (Å²) in [4.78, 5) is 39.1. The Morgan fingerprint density at radius 1 is 1.20 bits per heavy atom. The lowest BCUT2D eigenvalue weighted by atomic mass is 10.2. The van der Waals surface area contributed by atoms with Gasteiger partial charge < -0.3 is 15.0 Å². The molecule has 0 unspecified atom stereocenters. The van der Waals surface area contributed by atoms with E-state index in [4.69, 9.17) is 0 Å². The van der Waals surface area contributed by atoms with Crippen LogP contribution in [0.15, 0.2) is 30.9 Å². The second kappa shape index (κ2) is 7.13. The van der Waals surface area contributed by atoms with Crippen LogP contribution >= 0.6 is 0 Å². The van der Waals surface area contributed by atoms with Crippen molar-refractivity contribution in [2.24, 2.45) is 0 Å². The predicted molar refractivity (Wildman–Crippen MR) is 107 cm³/mol. The minimum Gasteiger partial charge on any atom is -0.319 e. The van der Waals surface area contributed by atoms with Crippen LogP contribution in [0.25, 0.3) is 5.65 Å². The number of halogens is 1. The normalized spacial score (nSPS) is 18.9. The van der Waals surface area contributed by atoms with Crippen LogP contribution in [-0.4, -0.2) is 49.8 Å². The first-order chi connectivity index (χ1) is 14.5. The number of nitrogens with zero attached hydrogens (tertiary/aromatic N) is 5. The average Bonchev–Trinajstić information content (AvgIpc) is 3.35. The molecule has 30 heavy (non-hydrogen) atoms. The van der Waals surface area contributed by atoms with Crippen LogP contribution in [0, 0.1) is 12.7 Å². The number of aromatic nitrogens is 4. The molecule has 2 fully saturated rings. The number of amides is 2. The van der Waals surface area contributed by atoms with Gasteiger partial charge in [0.25, 0.3) is 5.91 Å². The monoisotopic (exact) mass is 409 g/mol. The van der Waals surface area contributed by atoms with Gasteiger partial charge in [0.15, 0.2) is 17.3 Å². The van der Waals surface area contributed by atoms with Crippen LogP contribution < -0.4 is 15.5 Å². The van der Waals surface area contributed by atoms with Gasteiger partial charge in [-0.15, -0.1) is 0 Å². The van der Waals surface area contributed by atoms with E-state index in [2.05, 4.69) is 25.6 Å². The minimum absolute atomic E-state index is 0.0206. The van der Waals surface area contributed by atoms with Crippen LogP contribution in [0.5, 0.6) is 0 Å². The van der Waals surface area contributed by atoms with Gasteiger partial charge in [0, 0.05) is 31.0 Å². The minimum atomic E-state index is -0.538. The van der Waals surface area contributed by atoms with Crippen molar-refractivity contribution >= 4 is 29.0 Å². The molecule has 0 spiro atoms. The second-order valence-corrected chi connectivity index (χ2v) is 7.68. The van der Waals surface area contributed by atoms with Crippen LogP contribution in [0.3, 0.4) is 0 Å². The van der Waals surface area contributed by atoms with E-state index < -0.39 is 11.7 Å². The second-order valence-electron chi connectivity index (χ2n) is 7.68. The van der Waals surface area contributed by atoms with Crippen LogP contribution in [0.1, 0.15) is 35.4 Å². The first kappa shape index (κ1) is 18.6. The molecule has 1 atom stereocenters. The van der Waals surface area contributed by atoms with Crippen LogP contribution in [-0.2, 0) is 4.79 Å². The summed E-state index contributed by atoms with van der Waals surface area (Å²) in [6, 6.07) is 1.47. The van der Waals surface area contributed by atoms with E-state index in [1.165, 1.54) is 22.9 Å². The molecular weight excluding hydrogens is 389 g/mol. The SMILES string of the molecule is Cc1cn2cc(NC(=O)c3cnc(N4CC[C@@H](NC5CC5)C4=O)cn3)cc(F)c2n1. The van der Waals surface area contributed by atoms with Gasteiger partial charge in [0.2, 0.25) is 5.91 Å². The molecule has 1 aliphatic carbocycles. The summed E-state index contributed by atoms with van der Waals surface area (Å²) in [6.45, 7) is 2.32. The summed E-state index contributed by atoms with van der Waals surface area (Å²) in [5.41, 5.74) is 1.21. The average molecular weight is 409 g/mol. The molecule has 10 heteroatoms. The van der Waals surface area contributed by atoms with E-state index in [1.54, 1.807) is 24.2 Å². The maximum absolute atomic E-state index is 14.2. The van der Waals surface area contributed by atoms with E-state index in [0.717, 1.165) is 19.3 Å². The number of carbonyl (C=O) groups excluding carboxylic acids is 2. The van der Waals surface area contributed by atoms with Crippen molar-refractivity contribution in [3.05, 3.63) is 48.1 Å². The highest BCUT2D eigenvalue weighted by molar-refractivity contribution is 6.03. The smallest absolute Gasteiger partial charge is 0.275 e. The van der Waals surface area contributed by atoms with Gasteiger partial charge in [-0.25, -0.2) is 19.3 Å². The van der Waals surface area contributed by atoms with E-state index >= 15 is 0 Å². The summed E-state index contributed by atoms with van der Waals surface area (Å²) in [5.74, 6) is -0.666. The summed E-state index contributed by atoms with van der Waals surface area (Å²) < 4.78 is 15.7. The lowest BCUT2D eigenvalue weighted by Crippen LogP contribution is -2.39. The Kier molecular flexibility index (Phi) is 4.43. The van der Waals surface area contributed by atoms with Crippen molar-refractivity contribution < 1.29 is 14.0 Å². The van der Waals surface area contributed by atoms with Gasteiger partial charge in [0.05, 0.1) is 29.8 Å². The molecular formula is C20H20FN7O2. The van der Waals surface area contributed by atoms with E-state index in [9.17, 15) is 14.0 Å². The maximum atomic E-state index is 14.2. The Labute approximate surface area is 171 Å². The van der Waals surface area contributed by atoms with E-state index in [-0.39, 0.29) is 29.0 Å². The molecule has 1 saturated heterocycles. The van der Waals surface area contributed by atoms with Crippen molar-refractivity contribution in [2.45, 2.75) is 38.3 Å². The van der Waals surface area contributed by atoms with Crippen molar-refractivity contribution in [1.29, 1.82) is 0 Å². The number of pyridine rings is 1. The van der Waals surface area contributed by atoms with Crippen molar-refractivity contribution in [2.75, 3.05) is 16.8 Å². The fourth-order valence-electron chi connectivity index (χ4n) is 3.62. The van der Waals surface area contributed by atoms with E-state index in [1.807, 2.05) is 0 Å². The number of nitrogens with one attached hydrogen (secondary N) is 2. The summed E-state index contributed by atoms with van der Waals surface area (Å²) in [7, 11) is 0. The lowest BCUT2D eigenvalue weighted by molar-refractivity contribution is -0.118. The number of carbonyl (C=O) groups is 2. The molecule has 0 bridgehead atoms. The summed E-state index contributed by atoms with van der Waals surface area (Å²) in [6.07, 6.45) is 8.93. The molecule has 3 aromatic rings. The fraction of sp³-hybridized carbons (Fsp3) is 0.350. The molecule has 154 valence electrons. The molecule has 2 N–H and O–H groups in total. The van der Waals surface area contributed by atoms with Gasteiger partial charge >= 0.3 is 0 Å². The molecule has 1 saturated carbocycles. The topological polar surface area (TPSA) is 105 Å². The summed E-state index contributed by atoms with van der Waals surface area (Å²) >= 11 is 0. The zero-order valence-electron chi connectivity index (χ0n) is 16.3. The molecule has 3 aromatic heterocycles. The molecule has 9 nitrogen and oxygen atoms in total. The Hall–Kier alpha value is -3.40. The Morgan fingerprint density at radius 2 is 2.03 bits per heavy atom. The maximum Gasteiger partial charge on any atom is 0.275 e. The van der Waals surface area contributed by atoms with Gasteiger partial charge in [-0.2, -0.15) is 0 Å². The van der Waals surface area contributed by atoms with Gasteiger partial charge in [-0.05, 0) is 26.2 Å². The molecule has 4 heterocycles. The standard InChI is InChI=1S/C20H20FN7O2/c1-11-9-27-10-13(6-14(21)18(27)24-11)26-19(29)16-7-23-17(8-22-16)28-5-4-15(20(28)30)25-12-2-3-12/h6-10,12,15,25H,2-5H2,1H3,(H,26,29)/t15-/m1/s1. The van der Waals surface area contributed by atoms with Gasteiger partial charge in [0.1, 0.15) is 5.69 Å². The number of hydrogen-bond acceptors (Lipinski definition) is 6. The zero-order chi connectivity index (χ0) is 20.8. The molecule has 0 aromatic carbocycles. The first-order valence-electron chi connectivity index (χ1n) is 9.83. The van der Waals surface area contributed by atoms with E-state index in [0.29, 0.717) is 24.1 Å². The lowest BCUT2D eigenvalue weighted by Gasteiger charge is -2.16. The third kappa shape index (κ3) is 3.50. The largest absolute Gasteiger partial charge is 0.319 e. The molecule has 1 aliphatic heterocycles. The number of fused-ring (bicyclic) bond motifs is 1. The molecule has 0 radical (unpaired) electrons. The number of hydrogen-bond donors (Lipinski definition) is 2. The molecule has 2 aliphatic rings. The number of aryl methyl sites for hydroxylation is 1. The van der Waals surface area contributed by atoms with Crippen molar-refractivity contribution in [3.63, 3.8) is 0 Å². The number of rotatable bonds is 5. The van der Waals surface area contributed by atoms with Crippen LogP contribution in [0.2, 0.25) is 0 Å². The Bertz CT molecular complexity index is 1140. The Morgan fingerprint density at radius 3 is 2.77 bits per heavy atom. The van der Waals surface area contributed by atoms with Crippen molar-refractivity contribution in [3.8, 4) is 0 Å². The zero-order valence-corrected chi connectivity index (χ0v) is 16.3. The quantitative estimate of drug-likeness (QED) is 0.665. The first-order valence-corrected chi connectivity index (χ1v) is 9.83. The highest BCUT2D eigenvalue weighted by Gasteiger charge is 2.36. The summed E-state index contributed by atoms with van der Waals surface area (Å²) in [5, 5.41) is 5.95. The Balaban J connectivity index is 1.28. The number of imidazole rings is 1. The third-order valence-electron chi connectivity index (χ3n) is 5.25. The number of anilines is 2. The highest BCUT2D eigenvalue weighted by atomic mass is 19.1. The molecule has 5 rings (SSSR count). The van der Waals surface area contributed by atoms with Gasteiger partial charge in [-0.3, -0.25) is 14.5 Å². The highest BCUT2D eigenvalue weighted by Crippen LogP contribution is 2.24. The van der Waals surface area contributed by atoms with Crippen molar-refractivity contribution in [1.82, 2.24) is 24.7 Å². The molecule has 2 amide bonds. The van der Waals surface area contributed by atoms with Crippen LogP contribution in [0.4, 0.5) is 15.9 Å².